The molecule has 0 bridgehead atoms. The Kier molecular flexibility index (Phi) is 3.74. The Balaban J connectivity index is 2.14. The summed E-state index contributed by atoms with van der Waals surface area (Å²) in [5, 5.41) is 10.4. The Morgan fingerprint density at radius 2 is 2.10 bits per heavy atom. The predicted octanol–water partition coefficient (Wildman–Crippen LogP) is 4.81. The van der Waals surface area contributed by atoms with Crippen LogP contribution in [-0.2, 0) is 12.8 Å². The van der Waals surface area contributed by atoms with Crippen molar-refractivity contribution in [1.82, 2.24) is 4.57 Å². The third-order valence-corrected chi connectivity index (χ3v) is 4.95. The van der Waals surface area contributed by atoms with Crippen LogP contribution in [0, 0.1) is 5.41 Å². The van der Waals surface area contributed by atoms with Gasteiger partial charge in [-0.25, -0.2) is 0 Å². The van der Waals surface area contributed by atoms with Crippen LogP contribution in [0.2, 0.25) is 0 Å². The molecule has 3 rings (SSSR count). The predicted molar refractivity (Wildman–Crippen MR) is 89.9 cm³/mol. The van der Waals surface area contributed by atoms with Crippen molar-refractivity contribution in [3.05, 3.63) is 51.8 Å². The highest BCUT2D eigenvalue weighted by atomic mass is 79.9. The lowest BCUT2D eigenvalue weighted by molar-refractivity contribution is 0.0987. The van der Waals surface area contributed by atoms with E-state index >= 15 is 0 Å². The Morgan fingerprint density at radius 1 is 1.33 bits per heavy atom. The van der Waals surface area contributed by atoms with Gasteiger partial charge in [0, 0.05) is 27.6 Å². The van der Waals surface area contributed by atoms with Gasteiger partial charge in [0.2, 0.25) is 0 Å². The molecule has 1 aliphatic rings. The fraction of sp³-hybridized carbons (Fsp3) is 0.444. The number of aryl methyl sites for hydroxylation is 1. The van der Waals surface area contributed by atoms with Gasteiger partial charge in [0.15, 0.2) is 0 Å². The zero-order valence-electron chi connectivity index (χ0n) is 12.9. The lowest BCUT2D eigenvalue weighted by Gasteiger charge is -2.34. The smallest absolute Gasteiger partial charge is 0.0812 e. The summed E-state index contributed by atoms with van der Waals surface area (Å²) in [6.45, 7) is 6.65. The first-order valence-corrected chi connectivity index (χ1v) is 8.37. The summed E-state index contributed by atoms with van der Waals surface area (Å²) in [4.78, 5) is 0. The Hall–Kier alpha value is -1.06. The third-order valence-electron chi connectivity index (χ3n) is 4.46. The number of nitrogens with zero attached hydrogens (tertiary/aromatic N) is 1. The van der Waals surface area contributed by atoms with Crippen molar-refractivity contribution < 1.29 is 5.11 Å². The molecule has 2 nitrogen and oxygen atoms in total. The summed E-state index contributed by atoms with van der Waals surface area (Å²) in [6, 6.07) is 8.52. The van der Waals surface area contributed by atoms with Crippen molar-refractivity contribution >= 4 is 15.9 Å². The minimum absolute atomic E-state index is 0.143. The summed E-state index contributed by atoms with van der Waals surface area (Å²) in [7, 11) is 0. The van der Waals surface area contributed by atoms with Crippen LogP contribution in [0.5, 0.6) is 0 Å². The highest BCUT2D eigenvalue weighted by Gasteiger charge is 2.33. The number of rotatable bonds is 2. The molecule has 0 amide bonds. The van der Waals surface area contributed by atoms with Gasteiger partial charge in [0.25, 0.3) is 0 Å². The minimum Gasteiger partial charge on any atom is -0.388 e. The number of aliphatic hydroxyl groups excluding tert-OH is 1. The number of halogens is 1. The maximum absolute atomic E-state index is 10.4. The van der Waals surface area contributed by atoms with Crippen LogP contribution in [0.25, 0.3) is 5.69 Å². The highest BCUT2D eigenvalue weighted by molar-refractivity contribution is 9.10. The average Bonchev–Trinajstić information content (AvgIpc) is 2.81. The van der Waals surface area contributed by atoms with Crippen LogP contribution in [0.3, 0.4) is 0 Å². The van der Waals surface area contributed by atoms with Crippen molar-refractivity contribution in [2.24, 2.45) is 5.41 Å². The fourth-order valence-corrected chi connectivity index (χ4v) is 3.84. The summed E-state index contributed by atoms with van der Waals surface area (Å²) in [5.41, 5.74) is 5.05. The summed E-state index contributed by atoms with van der Waals surface area (Å²) >= 11 is 3.55. The van der Waals surface area contributed by atoms with Crippen molar-refractivity contribution in [3.63, 3.8) is 0 Å². The van der Waals surface area contributed by atoms with Gasteiger partial charge in [-0.05, 0) is 54.5 Å². The average molecular weight is 348 g/mol. The lowest BCUT2D eigenvalue weighted by Crippen LogP contribution is -2.26. The van der Waals surface area contributed by atoms with E-state index in [0.29, 0.717) is 0 Å². The van der Waals surface area contributed by atoms with Gasteiger partial charge >= 0.3 is 0 Å². The number of benzene rings is 1. The topological polar surface area (TPSA) is 25.2 Å². The molecule has 2 aromatic rings. The molecule has 1 N–H and O–H groups in total. The number of hydrogen-bond acceptors (Lipinski definition) is 1. The van der Waals surface area contributed by atoms with E-state index in [2.05, 4.69) is 71.7 Å². The van der Waals surface area contributed by atoms with Crippen LogP contribution in [-0.4, -0.2) is 9.67 Å². The SMILES string of the molecule is CCc1cc(Br)ccc1-n1ccc2c1CC(C)(C)CC2O. The van der Waals surface area contributed by atoms with E-state index in [4.69, 9.17) is 0 Å². The standard InChI is InChI=1S/C18H22BrNO/c1-4-12-9-13(19)5-6-15(12)20-8-7-14-16(20)10-18(2,3)11-17(14)21/h5-9,17,21H,4,10-11H2,1-3H3. The number of aromatic nitrogens is 1. The maximum Gasteiger partial charge on any atom is 0.0812 e. The quantitative estimate of drug-likeness (QED) is 0.828. The molecule has 0 radical (unpaired) electrons. The molecule has 3 heteroatoms. The van der Waals surface area contributed by atoms with E-state index in [0.717, 1.165) is 29.3 Å². The number of hydrogen-bond donors (Lipinski definition) is 1. The van der Waals surface area contributed by atoms with Crippen LogP contribution in [0.4, 0.5) is 0 Å². The molecular formula is C18H22BrNO. The molecule has 0 saturated heterocycles. The van der Waals surface area contributed by atoms with Gasteiger partial charge in [0.05, 0.1) is 6.10 Å². The molecule has 1 aliphatic carbocycles. The molecule has 0 spiro atoms. The zero-order valence-corrected chi connectivity index (χ0v) is 14.4. The van der Waals surface area contributed by atoms with Gasteiger partial charge in [-0.15, -0.1) is 0 Å². The van der Waals surface area contributed by atoms with E-state index < -0.39 is 0 Å². The third kappa shape index (κ3) is 2.69. The summed E-state index contributed by atoms with van der Waals surface area (Å²) in [6.07, 6.45) is 4.60. The molecule has 112 valence electrons. The summed E-state index contributed by atoms with van der Waals surface area (Å²) < 4.78 is 3.38. The molecule has 1 unspecified atom stereocenters. The maximum atomic E-state index is 10.4. The molecule has 0 aliphatic heterocycles. The van der Waals surface area contributed by atoms with E-state index in [1.807, 2.05) is 0 Å². The first-order chi connectivity index (χ1) is 9.91. The van der Waals surface area contributed by atoms with Crippen molar-refractivity contribution in [3.8, 4) is 5.69 Å². The second-order valence-electron chi connectivity index (χ2n) is 6.78. The largest absolute Gasteiger partial charge is 0.388 e. The van der Waals surface area contributed by atoms with Gasteiger partial charge < -0.3 is 9.67 Å². The molecular weight excluding hydrogens is 326 g/mol. The van der Waals surface area contributed by atoms with Crippen LogP contribution in [0.15, 0.2) is 34.9 Å². The van der Waals surface area contributed by atoms with Gasteiger partial charge in [-0.3, -0.25) is 0 Å². The lowest BCUT2D eigenvalue weighted by atomic mass is 9.75. The van der Waals surface area contributed by atoms with Crippen molar-refractivity contribution in [2.75, 3.05) is 0 Å². The molecule has 1 heterocycles. The first kappa shape index (κ1) is 14.9. The van der Waals surface area contributed by atoms with Gasteiger partial charge in [-0.1, -0.05) is 36.7 Å². The number of aliphatic hydroxyl groups is 1. The van der Waals surface area contributed by atoms with E-state index in [1.54, 1.807) is 0 Å². The van der Waals surface area contributed by atoms with E-state index in [9.17, 15) is 5.11 Å². The monoisotopic (exact) mass is 347 g/mol. The van der Waals surface area contributed by atoms with Gasteiger partial charge in [0.1, 0.15) is 0 Å². The highest BCUT2D eigenvalue weighted by Crippen LogP contribution is 2.42. The van der Waals surface area contributed by atoms with Crippen LogP contribution >= 0.6 is 15.9 Å². The molecule has 21 heavy (non-hydrogen) atoms. The normalized spacial score (nSPS) is 20.3. The fourth-order valence-electron chi connectivity index (χ4n) is 3.43. The second-order valence-corrected chi connectivity index (χ2v) is 7.69. The Bertz CT molecular complexity index is 672. The summed E-state index contributed by atoms with van der Waals surface area (Å²) in [5.74, 6) is 0. The van der Waals surface area contributed by atoms with E-state index in [-0.39, 0.29) is 11.5 Å². The van der Waals surface area contributed by atoms with Gasteiger partial charge in [-0.2, -0.15) is 0 Å². The second kappa shape index (κ2) is 5.29. The molecule has 0 fully saturated rings. The first-order valence-electron chi connectivity index (χ1n) is 7.58. The van der Waals surface area contributed by atoms with Crippen molar-refractivity contribution in [2.45, 2.75) is 46.1 Å². The van der Waals surface area contributed by atoms with Crippen molar-refractivity contribution in [1.29, 1.82) is 0 Å². The molecule has 1 atom stereocenters. The Morgan fingerprint density at radius 3 is 2.81 bits per heavy atom. The van der Waals surface area contributed by atoms with Crippen LogP contribution < -0.4 is 0 Å². The molecule has 1 aromatic carbocycles. The Labute approximate surface area is 134 Å². The zero-order chi connectivity index (χ0) is 15.2. The van der Waals surface area contributed by atoms with E-state index in [1.165, 1.54) is 16.9 Å². The van der Waals surface area contributed by atoms with Crippen LogP contribution in [0.1, 0.15) is 50.1 Å². The minimum atomic E-state index is -0.342. The molecule has 0 saturated carbocycles. The molecule has 1 aromatic heterocycles. The number of fused-ring (bicyclic) bond motifs is 1.